The molecule has 1 N–H and O–H groups in total. The van der Waals surface area contributed by atoms with Crippen molar-refractivity contribution in [1.82, 2.24) is 4.98 Å². The zero-order valence-electron chi connectivity index (χ0n) is 14.0. The number of fused-ring (bicyclic) bond motifs is 1. The molecule has 0 spiro atoms. The first-order chi connectivity index (χ1) is 11.9. The molecule has 9 heteroatoms. The van der Waals surface area contributed by atoms with Crippen LogP contribution in [0.5, 0.6) is 5.75 Å². The maximum absolute atomic E-state index is 12.3. The number of carbonyl (C=O) groups is 2. The third-order valence-electron chi connectivity index (χ3n) is 3.75. The highest BCUT2D eigenvalue weighted by atomic mass is 16.7. The van der Waals surface area contributed by atoms with Gasteiger partial charge in [-0.25, -0.2) is 4.79 Å². The fourth-order valence-corrected chi connectivity index (χ4v) is 2.58. The summed E-state index contributed by atoms with van der Waals surface area (Å²) in [5.41, 5.74) is 0.874. The smallest absolute Gasteiger partial charge is 0.465 e. The second-order valence-corrected chi connectivity index (χ2v) is 5.23. The Balaban J connectivity index is 2.61. The Kier molecular flexibility index (Phi) is 5.58. The van der Waals surface area contributed by atoms with Gasteiger partial charge in [0.2, 0.25) is 6.04 Å². The largest absolute Gasteiger partial charge is 0.513 e. The molecule has 1 aromatic carbocycles. The average Bonchev–Trinajstić information content (AvgIpc) is 3.00. The Morgan fingerprint density at radius 3 is 2.68 bits per heavy atom. The summed E-state index contributed by atoms with van der Waals surface area (Å²) in [5.74, 6) is -1.75. The van der Waals surface area contributed by atoms with E-state index in [0.717, 1.165) is 7.11 Å². The Labute approximate surface area is 143 Å². The fraction of sp³-hybridized carbons (Fsp3) is 0.375. The van der Waals surface area contributed by atoms with Crippen LogP contribution in [0, 0.1) is 10.1 Å². The van der Waals surface area contributed by atoms with E-state index in [4.69, 9.17) is 9.47 Å². The van der Waals surface area contributed by atoms with Gasteiger partial charge >= 0.3 is 12.1 Å². The van der Waals surface area contributed by atoms with Crippen LogP contribution >= 0.6 is 0 Å². The number of nitro groups is 1. The Hall–Kier alpha value is -3.10. The van der Waals surface area contributed by atoms with Crippen molar-refractivity contribution in [3.8, 4) is 5.75 Å². The lowest BCUT2D eigenvalue weighted by Crippen LogP contribution is -2.31. The number of H-pyrrole nitrogens is 1. The quantitative estimate of drug-likeness (QED) is 0.368. The highest BCUT2D eigenvalue weighted by Gasteiger charge is 2.38. The summed E-state index contributed by atoms with van der Waals surface area (Å²) in [7, 11) is 1.16. The van der Waals surface area contributed by atoms with Gasteiger partial charge in [-0.3, -0.25) is 14.9 Å². The summed E-state index contributed by atoms with van der Waals surface area (Å²) in [6, 6.07) is 3.61. The molecule has 0 fully saturated rings. The molecule has 134 valence electrons. The molecule has 9 nitrogen and oxygen atoms in total. The van der Waals surface area contributed by atoms with Crippen LogP contribution < -0.4 is 4.74 Å². The monoisotopic (exact) mass is 350 g/mol. The first-order valence-corrected chi connectivity index (χ1v) is 7.56. The number of methoxy groups -OCH3 is 1. The van der Waals surface area contributed by atoms with Crippen LogP contribution in [-0.4, -0.2) is 41.8 Å². The van der Waals surface area contributed by atoms with Crippen molar-refractivity contribution in [3.63, 3.8) is 0 Å². The maximum Gasteiger partial charge on any atom is 0.513 e. The standard InChI is InChI=1S/C16H18N2O7/c1-4-24-15(19)13(9(2)18(21)22)10-8-17-11-6-5-7-12(14(10)11)25-16(20)23-3/h5-9,13,17H,4H2,1-3H3. The average molecular weight is 350 g/mol. The van der Waals surface area contributed by atoms with E-state index < -0.39 is 29.0 Å². The highest BCUT2D eigenvalue weighted by Crippen LogP contribution is 2.36. The van der Waals surface area contributed by atoms with Crippen LogP contribution in [0.15, 0.2) is 24.4 Å². The van der Waals surface area contributed by atoms with E-state index in [9.17, 15) is 19.7 Å². The predicted molar refractivity (Wildman–Crippen MR) is 87.2 cm³/mol. The molecule has 2 atom stereocenters. The number of nitrogens with zero attached hydrogens (tertiary/aromatic N) is 1. The Morgan fingerprint density at radius 2 is 2.08 bits per heavy atom. The van der Waals surface area contributed by atoms with Gasteiger partial charge < -0.3 is 19.2 Å². The molecular formula is C16H18N2O7. The van der Waals surface area contributed by atoms with Crippen LogP contribution in [0.1, 0.15) is 25.3 Å². The summed E-state index contributed by atoms with van der Waals surface area (Å²) in [6.07, 6.45) is 0.547. The molecule has 25 heavy (non-hydrogen) atoms. The highest BCUT2D eigenvalue weighted by molar-refractivity contribution is 5.95. The van der Waals surface area contributed by atoms with Gasteiger partial charge in [0.05, 0.1) is 13.7 Å². The summed E-state index contributed by atoms with van der Waals surface area (Å²) >= 11 is 0. The van der Waals surface area contributed by atoms with Gasteiger partial charge in [-0.15, -0.1) is 0 Å². The molecule has 0 bridgehead atoms. The third kappa shape index (κ3) is 3.70. The molecule has 0 saturated carbocycles. The molecule has 1 aromatic heterocycles. The van der Waals surface area contributed by atoms with Crippen molar-refractivity contribution < 1.29 is 28.7 Å². The van der Waals surface area contributed by atoms with Crippen molar-refractivity contribution >= 4 is 23.0 Å². The van der Waals surface area contributed by atoms with E-state index in [1.165, 1.54) is 19.2 Å². The maximum atomic E-state index is 12.3. The number of hydrogen-bond acceptors (Lipinski definition) is 7. The minimum absolute atomic E-state index is 0.0909. The molecule has 0 amide bonds. The van der Waals surface area contributed by atoms with Crippen molar-refractivity contribution in [2.45, 2.75) is 25.8 Å². The lowest BCUT2D eigenvalue weighted by Gasteiger charge is -2.17. The second kappa shape index (κ2) is 7.65. The zero-order valence-corrected chi connectivity index (χ0v) is 14.0. The molecule has 0 aliphatic carbocycles. The van der Waals surface area contributed by atoms with Crippen LogP contribution in [0.3, 0.4) is 0 Å². The van der Waals surface area contributed by atoms with Gasteiger partial charge in [0.15, 0.2) is 5.92 Å². The Morgan fingerprint density at radius 1 is 1.36 bits per heavy atom. The van der Waals surface area contributed by atoms with Gasteiger partial charge in [0, 0.05) is 34.5 Å². The number of esters is 1. The number of aromatic nitrogens is 1. The number of nitrogens with one attached hydrogen (secondary N) is 1. The lowest BCUT2D eigenvalue weighted by atomic mass is 9.92. The first kappa shape index (κ1) is 18.2. The zero-order chi connectivity index (χ0) is 18.6. The van der Waals surface area contributed by atoms with Gasteiger partial charge in [-0.2, -0.15) is 0 Å². The summed E-state index contributed by atoms with van der Waals surface area (Å²) in [6.45, 7) is 3.03. The number of aromatic amines is 1. The van der Waals surface area contributed by atoms with Gasteiger partial charge in [0.25, 0.3) is 0 Å². The molecule has 0 aliphatic rings. The van der Waals surface area contributed by atoms with Gasteiger partial charge in [-0.05, 0) is 19.1 Å². The summed E-state index contributed by atoms with van der Waals surface area (Å²) in [4.78, 5) is 37.4. The lowest BCUT2D eigenvalue weighted by molar-refractivity contribution is -0.520. The molecular weight excluding hydrogens is 332 g/mol. The Bertz CT molecular complexity index is 799. The number of ether oxygens (including phenoxy) is 3. The van der Waals surface area contributed by atoms with Crippen LogP contribution in [-0.2, 0) is 14.3 Å². The first-order valence-electron chi connectivity index (χ1n) is 7.56. The van der Waals surface area contributed by atoms with E-state index in [0.29, 0.717) is 16.5 Å². The molecule has 2 rings (SSSR count). The van der Waals surface area contributed by atoms with Crippen molar-refractivity contribution in [2.24, 2.45) is 0 Å². The predicted octanol–water partition coefficient (Wildman–Crippen LogP) is 2.63. The topological polar surface area (TPSA) is 121 Å². The number of hydrogen-bond donors (Lipinski definition) is 1. The van der Waals surface area contributed by atoms with E-state index in [1.807, 2.05) is 0 Å². The van der Waals surface area contributed by atoms with Crippen LogP contribution in [0.25, 0.3) is 10.9 Å². The molecule has 2 unspecified atom stereocenters. The van der Waals surface area contributed by atoms with Gasteiger partial charge in [0.1, 0.15) is 5.75 Å². The number of carbonyl (C=O) groups excluding carboxylic acids is 2. The molecule has 0 aliphatic heterocycles. The van der Waals surface area contributed by atoms with Crippen molar-refractivity contribution in [2.75, 3.05) is 13.7 Å². The van der Waals surface area contributed by atoms with Crippen molar-refractivity contribution in [1.29, 1.82) is 0 Å². The van der Waals surface area contributed by atoms with Crippen LogP contribution in [0.2, 0.25) is 0 Å². The number of benzene rings is 1. The van der Waals surface area contributed by atoms with E-state index in [2.05, 4.69) is 9.72 Å². The summed E-state index contributed by atoms with van der Waals surface area (Å²) < 4.78 is 14.6. The summed E-state index contributed by atoms with van der Waals surface area (Å²) in [5, 5.41) is 11.7. The normalized spacial score (nSPS) is 13.1. The van der Waals surface area contributed by atoms with Crippen LogP contribution in [0.4, 0.5) is 4.79 Å². The van der Waals surface area contributed by atoms with E-state index >= 15 is 0 Å². The number of rotatable bonds is 6. The SMILES string of the molecule is CCOC(=O)C(c1c[nH]c2cccc(OC(=O)OC)c12)C(C)[N+](=O)[O-]. The second-order valence-electron chi connectivity index (χ2n) is 5.23. The van der Waals surface area contributed by atoms with Gasteiger partial charge in [-0.1, -0.05) is 6.07 Å². The fourth-order valence-electron chi connectivity index (χ4n) is 2.58. The molecule has 0 radical (unpaired) electrons. The third-order valence-corrected chi connectivity index (χ3v) is 3.75. The van der Waals surface area contributed by atoms with E-state index in [-0.39, 0.29) is 12.4 Å². The van der Waals surface area contributed by atoms with Crippen molar-refractivity contribution in [3.05, 3.63) is 40.1 Å². The minimum atomic E-state index is -1.23. The molecule has 1 heterocycles. The molecule has 0 saturated heterocycles. The minimum Gasteiger partial charge on any atom is -0.465 e. The molecule has 2 aromatic rings. The van der Waals surface area contributed by atoms with E-state index in [1.54, 1.807) is 19.1 Å².